The van der Waals surface area contributed by atoms with Crippen molar-refractivity contribution in [2.45, 2.75) is 13.0 Å². The second-order valence-electron chi connectivity index (χ2n) is 4.07. The van der Waals surface area contributed by atoms with Gasteiger partial charge in [0.15, 0.2) is 0 Å². The SMILES string of the molecule is CCNC(c1ccn(C)n1)c1cc(F)ccc1F. The fourth-order valence-electron chi connectivity index (χ4n) is 1.90. The van der Waals surface area contributed by atoms with Crippen LogP contribution in [0.25, 0.3) is 0 Å². The number of rotatable bonds is 4. The summed E-state index contributed by atoms with van der Waals surface area (Å²) in [5.41, 5.74) is 0.944. The van der Waals surface area contributed by atoms with E-state index in [-0.39, 0.29) is 5.56 Å². The summed E-state index contributed by atoms with van der Waals surface area (Å²) < 4.78 is 28.7. The normalized spacial score (nSPS) is 12.7. The molecule has 0 bridgehead atoms. The third-order valence-electron chi connectivity index (χ3n) is 2.71. The highest BCUT2D eigenvalue weighted by atomic mass is 19.1. The lowest BCUT2D eigenvalue weighted by Crippen LogP contribution is -2.23. The molecule has 0 saturated carbocycles. The van der Waals surface area contributed by atoms with Crippen molar-refractivity contribution in [2.24, 2.45) is 7.05 Å². The Hall–Kier alpha value is -1.75. The molecule has 0 aliphatic rings. The van der Waals surface area contributed by atoms with Crippen molar-refractivity contribution >= 4 is 0 Å². The molecule has 1 aromatic carbocycles. The van der Waals surface area contributed by atoms with E-state index in [1.54, 1.807) is 24.0 Å². The van der Waals surface area contributed by atoms with Crippen LogP contribution in [-0.2, 0) is 7.05 Å². The van der Waals surface area contributed by atoms with Gasteiger partial charge in [0.2, 0.25) is 0 Å². The molecule has 1 aromatic heterocycles. The zero-order valence-electron chi connectivity index (χ0n) is 10.3. The molecule has 1 heterocycles. The molecule has 5 heteroatoms. The molecule has 2 aromatic rings. The fourth-order valence-corrected chi connectivity index (χ4v) is 1.90. The van der Waals surface area contributed by atoms with E-state index in [9.17, 15) is 8.78 Å². The maximum Gasteiger partial charge on any atom is 0.128 e. The molecule has 18 heavy (non-hydrogen) atoms. The van der Waals surface area contributed by atoms with E-state index in [1.807, 2.05) is 6.92 Å². The zero-order valence-corrected chi connectivity index (χ0v) is 10.3. The average Bonchev–Trinajstić information content (AvgIpc) is 2.76. The number of nitrogens with zero attached hydrogens (tertiary/aromatic N) is 2. The monoisotopic (exact) mass is 251 g/mol. The van der Waals surface area contributed by atoms with Gasteiger partial charge in [-0.1, -0.05) is 6.92 Å². The summed E-state index contributed by atoms with van der Waals surface area (Å²) >= 11 is 0. The van der Waals surface area contributed by atoms with Crippen LogP contribution in [0.15, 0.2) is 30.5 Å². The van der Waals surface area contributed by atoms with E-state index in [1.165, 1.54) is 6.07 Å². The van der Waals surface area contributed by atoms with Gasteiger partial charge in [-0.3, -0.25) is 4.68 Å². The Morgan fingerprint density at radius 3 is 2.72 bits per heavy atom. The van der Waals surface area contributed by atoms with Crippen molar-refractivity contribution in [2.75, 3.05) is 6.54 Å². The number of hydrogen-bond donors (Lipinski definition) is 1. The molecule has 1 N–H and O–H groups in total. The van der Waals surface area contributed by atoms with Crippen molar-refractivity contribution in [1.29, 1.82) is 0 Å². The van der Waals surface area contributed by atoms with Gasteiger partial charge in [-0.15, -0.1) is 0 Å². The van der Waals surface area contributed by atoms with Gasteiger partial charge in [0.05, 0.1) is 11.7 Å². The molecule has 96 valence electrons. The summed E-state index contributed by atoms with van der Waals surface area (Å²) in [5, 5.41) is 7.36. The minimum atomic E-state index is -0.453. The van der Waals surface area contributed by atoms with Crippen LogP contribution in [0.5, 0.6) is 0 Å². The molecule has 1 atom stereocenters. The van der Waals surface area contributed by atoms with Crippen LogP contribution in [0.3, 0.4) is 0 Å². The first-order chi connectivity index (χ1) is 8.61. The van der Waals surface area contributed by atoms with Crippen LogP contribution in [0.4, 0.5) is 8.78 Å². The quantitative estimate of drug-likeness (QED) is 0.904. The van der Waals surface area contributed by atoms with Crippen molar-refractivity contribution in [3.63, 3.8) is 0 Å². The molecule has 3 nitrogen and oxygen atoms in total. The first-order valence-electron chi connectivity index (χ1n) is 5.79. The predicted molar refractivity (Wildman–Crippen MR) is 65.1 cm³/mol. The number of nitrogens with one attached hydrogen (secondary N) is 1. The molecule has 0 spiro atoms. The standard InChI is InChI=1S/C13H15F2N3/c1-3-16-13(12-6-7-18(2)17-12)10-8-9(14)4-5-11(10)15/h4-8,13,16H,3H2,1-2H3. The lowest BCUT2D eigenvalue weighted by molar-refractivity contribution is 0.534. The minimum absolute atomic E-state index is 0.274. The topological polar surface area (TPSA) is 29.9 Å². The molecule has 0 aliphatic heterocycles. The van der Waals surface area contributed by atoms with Crippen LogP contribution in [-0.4, -0.2) is 16.3 Å². The van der Waals surface area contributed by atoms with Crippen molar-refractivity contribution < 1.29 is 8.78 Å². The highest BCUT2D eigenvalue weighted by molar-refractivity contribution is 5.29. The second-order valence-corrected chi connectivity index (χ2v) is 4.07. The molecular weight excluding hydrogens is 236 g/mol. The van der Waals surface area contributed by atoms with Crippen LogP contribution in [0.1, 0.15) is 24.2 Å². The van der Waals surface area contributed by atoms with Gasteiger partial charge in [0, 0.05) is 18.8 Å². The molecule has 0 fully saturated rings. The van der Waals surface area contributed by atoms with E-state index in [0.29, 0.717) is 12.2 Å². The number of aryl methyl sites for hydroxylation is 1. The molecular formula is C13H15F2N3. The van der Waals surface area contributed by atoms with Gasteiger partial charge in [-0.05, 0) is 30.8 Å². The Bertz CT molecular complexity index is 537. The Balaban J connectivity index is 2.44. The summed E-state index contributed by atoms with van der Waals surface area (Å²) in [4.78, 5) is 0. The largest absolute Gasteiger partial charge is 0.305 e. The first kappa shape index (κ1) is 12.7. The van der Waals surface area contributed by atoms with E-state index in [4.69, 9.17) is 0 Å². The molecule has 1 unspecified atom stereocenters. The third kappa shape index (κ3) is 2.56. The Morgan fingerprint density at radius 2 is 2.11 bits per heavy atom. The highest BCUT2D eigenvalue weighted by Gasteiger charge is 2.19. The highest BCUT2D eigenvalue weighted by Crippen LogP contribution is 2.23. The van der Waals surface area contributed by atoms with Gasteiger partial charge < -0.3 is 5.32 Å². The first-order valence-corrected chi connectivity index (χ1v) is 5.79. The number of hydrogen-bond acceptors (Lipinski definition) is 2. The smallest absolute Gasteiger partial charge is 0.128 e. The van der Waals surface area contributed by atoms with Gasteiger partial charge >= 0.3 is 0 Å². The van der Waals surface area contributed by atoms with Gasteiger partial charge in [0.25, 0.3) is 0 Å². The lowest BCUT2D eigenvalue weighted by Gasteiger charge is -2.17. The molecule has 0 amide bonds. The number of aromatic nitrogens is 2. The minimum Gasteiger partial charge on any atom is -0.305 e. The summed E-state index contributed by atoms with van der Waals surface area (Å²) in [6, 6.07) is 4.81. The zero-order chi connectivity index (χ0) is 13.1. The molecule has 0 aliphatic carbocycles. The Morgan fingerprint density at radius 1 is 1.33 bits per heavy atom. The fraction of sp³-hybridized carbons (Fsp3) is 0.308. The Kier molecular flexibility index (Phi) is 3.72. The second kappa shape index (κ2) is 5.27. The lowest BCUT2D eigenvalue weighted by atomic mass is 10.0. The summed E-state index contributed by atoms with van der Waals surface area (Å²) in [6.45, 7) is 2.55. The maximum absolute atomic E-state index is 13.8. The summed E-state index contributed by atoms with van der Waals surface area (Å²) in [5.74, 6) is -0.891. The van der Waals surface area contributed by atoms with Crippen molar-refractivity contribution in [1.82, 2.24) is 15.1 Å². The van der Waals surface area contributed by atoms with Crippen LogP contribution in [0, 0.1) is 11.6 Å². The van der Waals surface area contributed by atoms with E-state index in [2.05, 4.69) is 10.4 Å². The average molecular weight is 251 g/mol. The number of halogens is 2. The van der Waals surface area contributed by atoms with Gasteiger partial charge in [0.1, 0.15) is 11.6 Å². The summed E-state index contributed by atoms with van der Waals surface area (Å²) in [6.07, 6.45) is 1.77. The van der Waals surface area contributed by atoms with E-state index in [0.717, 1.165) is 12.1 Å². The molecule has 0 radical (unpaired) electrons. The van der Waals surface area contributed by atoms with E-state index >= 15 is 0 Å². The van der Waals surface area contributed by atoms with Gasteiger partial charge in [-0.2, -0.15) is 5.10 Å². The maximum atomic E-state index is 13.8. The van der Waals surface area contributed by atoms with Crippen molar-refractivity contribution in [3.05, 3.63) is 53.4 Å². The molecule has 2 rings (SSSR count). The third-order valence-corrected chi connectivity index (χ3v) is 2.71. The van der Waals surface area contributed by atoms with Crippen molar-refractivity contribution in [3.8, 4) is 0 Å². The predicted octanol–water partition coefficient (Wildman–Crippen LogP) is 2.40. The molecule has 0 saturated heterocycles. The van der Waals surface area contributed by atoms with Crippen LogP contribution < -0.4 is 5.32 Å². The van der Waals surface area contributed by atoms with Gasteiger partial charge in [-0.25, -0.2) is 8.78 Å². The Labute approximate surface area is 104 Å². The van der Waals surface area contributed by atoms with Crippen LogP contribution in [0.2, 0.25) is 0 Å². The number of benzene rings is 1. The van der Waals surface area contributed by atoms with Crippen LogP contribution >= 0.6 is 0 Å². The van der Waals surface area contributed by atoms with E-state index < -0.39 is 17.7 Å². The summed E-state index contributed by atoms with van der Waals surface area (Å²) in [7, 11) is 1.79.